The molecule has 1 fully saturated rings. The highest BCUT2D eigenvalue weighted by molar-refractivity contribution is 7.89. The minimum absolute atomic E-state index is 0.114. The molecule has 9 heteroatoms. The van der Waals surface area contributed by atoms with Gasteiger partial charge in [-0.1, -0.05) is 17.7 Å². The van der Waals surface area contributed by atoms with Gasteiger partial charge in [0.1, 0.15) is 0 Å². The van der Waals surface area contributed by atoms with Gasteiger partial charge in [-0.15, -0.1) is 4.31 Å². The molecule has 0 aliphatic carbocycles. The fraction of sp³-hybridized carbons (Fsp3) is 0.304. The standard InChI is InChI=1S/C23H22ClN3O4S/c1-15-18(21-12-17(14-25)4-5-27(21)20(15)13-23(28)29)10-16-2-3-22(19(24)11-16)32(30)26-6-8-31-9-7-26/h2-5,11-12H,6-10,13H2,1H3,(H,28,29). The molecule has 1 saturated heterocycles. The summed E-state index contributed by atoms with van der Waals surface area (Å²) in [7, 11) is 0. The van der Waals surface area contributed by atoms with Crippen LogP contribution in [0.1, 0.15) is 27.9 Å². The van der Waals surface area contributed by atoms with Crippen LogP contribution in [0, 0.1) is 18.3 Å². The van der Waals surface area contributed by atoms with Crippen LogP contribution in [0.4, 0.5) is 0 Å². The summed E-state index contributed by atoms with van der Waals surface area (Å²) in [5.41, 5.74) is 4.72. The molecule has 1 atom stereocenters. The molecular weight excluding hydrogens is 450 g/mol. The van der Waals surface area contributed by atoms with Gasteiger partial charge in [0.25, 0.3) is 0 Å². The molecule has 1 unspecified atom stereocenters. The number of nitrogens with zero attached hydrogens (tertiary/aromatic N) is 3. The molecule has 0 radical (unpaired) electrons. The zero-order valence-corrected chi connectivity index (χ0v) is 19.1. The maximum Gasteiger partial charge on any atom is 0.309 e. The van der Waals surface area contributed by atoms with Crippen LogP contribution in [0.15, 0.2) is 41.4 Å². The van der Waals surface area contributed by atoms with E-state index >= 15 is 0 Å². The Bertz CT molecular complexity index is 1210. The van der Waals surface area contributed by atoms with Gasteiger partial charge in [-0.25, -0.2) is 0 Å². The molecule has 1 N–H and O–H groups in total. The predicted molar refractivity (Wildman–Crippen MR) is 121 cm³/mol. The molecule has 4 rings (SSSR count). The van der Waals surface area contributed by atoms with Crippen LogP contribution in [0.2, 0.25) is 5.02 Å². The van der Waals surface area contributed by atoms with Gasteiger partial charge in [-0.2, -0.15) is 5.26 Å². The molecule has 3 heterocycles. The number of morpholine rings is 1. The zero-order chi connectivity index (χ0) is 22.8. The molecule has 7 nitrogen and oxygen atoms in total. The van der Waals surface area contributed by atoms with E-state index in [4.69, 9.17) is 16.3 Å². The lowest BCUT2D eigenvalue weighted by molar-refractivity contribution is -0.136. The highest BCUT2D eigenvalue weighted by atomic mass is 35.5. The van der Waals surface area contributed by atoms with Crippen molar-refractivity contribution >= 4 is 34.4 Å². The third-order valence-electron chi connectivity index (χ3n) is 5.66. The summed E-state index contributed by atoms with van der Waals surface area (Å²) in [6, 6.07) is 11.1. The molecule has 0 spiro atoms. The molecule has 1 aliphatic heterocycles. The Balaban J connectivity index is 1.68. The number of carboxylic acids is 1. The lowest BCUT2D eigenvalue weighted by Crippen LogP contribution is -2.40. The van der Waals surface area contributed by atoms with Crippen LogP contribution in [0.5, 0.6) is 0 Å². The van der Waals surface area contributed by atoms with Crippen molar-refractivity contribution in [1.82, 2.24) is 8.71 Å². The summed E-state index contributed by atoms with van der Waals surface area (Å²) in [6.45, 7) is 4.18. The quantitative estimate of drug-likeness (QED) is 0.553. The highest BCUT2D eigenvalue weighted by Gasteiger charge is 2.27. The van der Waals surface area contributed by atoms with Crippen LogP contribution in [0.25, 0.3) is 5.52 Å². The van der Waals surface area contributed by atoms with E-state index in [0.717, 1.165) is 22.2 Å². The second-order valence-corrected chi connectivity index (χ2v) is 9.50. The summed E-state index contributed by atoms with van der Waals surface area (Å²) < 4.78 is 21.9. The van der Waals surface area contributed by atoms with E-state index in [9.17, 15) is 19.7 Å². The first kappa shape index (κ1) is 22.6. The fourth-order valence-corrected chi connectivity index (χ4v) is 5.59. The number of ether oxygens (including phenoxy) is 1. The summed E-state index contributed by atoms with van der Waals surface area (Å²) >= 11 is 5.16. The number of carbonyl (C=O) groups is 1. The second-order valence-electron chi connectivity index (χ2n) is 7.64. The lowest BCUT2D eigenvalue weighted by Gasteiger charge is -2.27. The van der Waals surface area contributed by atoms with Gasteiger partial charge in [0, 0.05) is 11.9 Å². The number of halogens is 1. The molecule has 0 bridgehead atoms. The van der Waals surface area contributed by atoms with Crippen molar-refractivity contribution in [3.63, 3.8) is 0 Å². The molecular formula is C23H22ClN3O4S. The molecule has 0 amide bonds. The summed E-state index contributed by atoms with van der Waals surface area (Å²) in [5, 5.41) is 19.1. The number of hydrogen-bond acceptors (Lipinski definition) is 5. The van der Waals surface area contributed by atoms with Crippen LogP contribution in [-0.4, -0.2) is 50.6 Å². The van der Waals surface area contributed by atoms with Gasteiger partial charge in [0.15, 0.2) is 4.90 Å². The molecule has 32 heavy (non-hydrogen) atoms. The van der Waals surface area contributed by atoms with E-state index in [1.165, 1.54) is 0 Å². The number of aromatic nitrogens is 1. The van der Waals surface area contributed by atoms with Crippen LogP contribution in [-0.2, 0) is 33.7 Å². The molecule has 3 aromatic rings. The van der Waals surface area contributed by atoms with Gasteiger partial charge in [-0.3, -0.25) is 4.79 Å². The first-order chi connectivity index (χ1) is 15.4. The monoisotopic (exact) mass is 471 g/mol. The average molecular weight is 472 g/mol. The third kappa shape index (κ3) is 4.49. The second kappa shape index (κ2) is 9.53. The Hall–Kier alpha value is -2.54. The molecule has 2 aromatic heterocycles. The first-order valence-electron chi connectivity index (χ1n) is 10.2. The third-order valence-corrected chi connectivity index (χ3v) is 7.65. The van der Waals surface area contributed by atoms with Crippen LogP contribution in [0.3, 0.4) is 0 Å². The van der Waals surface area contributed by atoms with Crippen LogP contribution >= 0.6 is 11.6 Å². The smallest absolute Gasteiger partial charge is 0.309 e. The maximum absolute atomic E-state index is 12.9. The summed E-state index contributed by atoms with van der Waals surface area (Å²) in [5.74, 6) is -0.915. The largest absolute Gasteiger partial charge is 0.593 e. The fourth-order valence-electron chi connectivity index (χ4n) is 4.02. The van der Waals surface area contributed by atoms with Crippen molar-refractivity contribution in [2.24, 2.45) is 0 Å². The predicted octanol–water partition coefficient (Wildman–Crippen LogP) is 3.35. The first-order valence-corrected chi connectivity index (χ1v) is 11.6. The number of nitriles is 1. The van der Waals surface area contributed by atoms with Gasteiger partial charge < -0.3 is 18.8 Å². The highest BCUT2D eigenvalue weighted by Crippen LogP contribution is 2.30. The Morgan fingerprint density at radius 1 is 1.31 bits per heavy atom. The Morgan fingerprint density at radius 2 is 2.06 bits per heavy atom. The van der Waals surface area contributed by atoms with Gasteiger partial charge >= 0.3 is 5.97 Å². The van der Waals surface area contributed by atoms with Crippen molar-refractivity contribution in [3.8, 4) is 6.07 Å². The Morgan fingerprint density at radius 3 is 2.72 bits per heavy atom. The van der Waals surface area contributed by atoms with Crippen molar-refractivity contribution in [2.75, 3.05) is 26.3 Å². The molecule has 1 aliphatic rings. The van der Waals surface area contributed by atoms with Gasteiger partial charge in [0.2, 0.25) is 0 Å². The average Bonchev–Trinajstić information content (AvgIpc) is 3.04. The number of rotatable bonds is 6. The number of hydrogen-bond donors (Lipinski definition) is 1. The minimum Gasteiger partial charge on any atom is -0.593 e. The Labute approximate surface area is 194 Å². The van der Waals surface area contributed by atoms with Crippen LogP contribution < -0.4 is 0 Å². The van der Waals surface area contributed by atoms with E-state index in [2.05, 4.69) is 6.07 Å². The summed E-state index contributed by atoms with van der Waals surface area (Å²) in [4.78, 5) is 12.0. The van der Waals surface area contributed by atoms with E-state index in [1.807, 2.05) is 27.8 Å². The van der Waals surface area contributed by atoms with E-state index < -0.39 is 17.3 Å². The number of fused-ring (bicyclic) bond motifs is 1. The number of pyridine rings is 1. The van der Waals surface area contributed by atoms with Crippen molar-refractivity contribution in [1.29, 1.82) is 5.26 Å². The van der Waals surface area contributed by atoms with Gasteiger partial charge in [0.05, 0.1) is 66.3 Å². The number of carboxylic acid groups (broad SMARTS) is 1. The van der Waals surface area contributed by atoms with Crippen molar-refractivity contribution in [3.05, 3.63) is 69.5 Å². The zero-order valence-electron chi connectivity index (χ0n) is 17.5. The minimum atomic E-state index is -1.35. The Kier molecular flexibility index (Phi) is 6.74. The molecule has 1 aromatic carbocycles. The van der Waals surface area contributed by atoms with E-state index in [-0.39, 0.29) is 6.42 Å². The summed E-state index contributed by atoms with van der Waals surface area (Å²) in [6.07, 6.45) is 2.13. The van der Waals surface area contributed by atoms with E-state index in [0.29, 0.717) is 53.9 Å². The van der Waals surface area contributed by atoms with Crippen molar-refractivity contribution in [2.45, 2.75) is 24.7 Å². The topological polar surface area (TPSA) is 101 Å². The lowest BCUT2D eigenvalue weighted by atomic mass is 10.0. The van der Waals surface area contributed by atoms with Gasteiger partial charge in [-0.05, 0) is 54.3 Å². The SMILES string of the molecule is Cc1c(Cc2ccc([S+]([O-])N3CCOCC3)c(Cl)c2)c2cc(C#N)ccn2c1CC(=O)O. The van der Waals surface area contributed by atoms with Crippen molar-refractivity contribution < 1.29 is 19.2 Å². The molecule has 166 valence electrons. The maximum atomic E-state index is 12.9. The number of aliphatic carboxylic acids is 1. The normalized spacial score (nSPS) is 15.6. The number of benzene rings is 1. The molecule has 0 saturated carbocycles. The van der Waals surface area contributed by atoms with E-state index in [1.54, 1.807) is 24.4 Å².